The van der Waals surface area contributed by atoms with Crippen LogP contribution >= 0.6 is 11.6 Å². The fraction of sp³-hybridized carbons (Fsp3) is 0.538. The van der Waals surface area contributed by atoms with Gasteiger partial charge in [0.25, 0.3) is 5.91 Å². The van der Waals surface area contributed by atoms with Crippen molar-refractivity contribution in [1.82, 2.24) is 10.3 Å². The average molecular weight is 268 g/mol. The van der Waals surface area contributed by atoms with Crippen molar-refractivity contribution in [3.63, 3.8) is 0 Å². The second-order valence-corrected chi connectivity index (χ2v) is 5.14. The van der Waals surface area contributed by atoms with Crippen molar-refractivity contribution in [2.45, 2.75) is 32.2 Å². The minimum absolute atomic E-state index is 0.183. The van der Waals surface area contributed by atoms with Crippen LogP contribution in [0.3, 0.4) is 0 Å². The van der Waals surface area contributed by atoms with Crippen molar-refractivity contribution in [2.24, 2.45) is 5.92 Å². The summed E-state index contributed by atoms with van der Waals surface area (Å²) in [4.78, 5) is 16.3. The van der Waals surface area contributed by atoms with Gasteiger partial charge in [-0.25, -0.2) is 4.98 Å². The van der Waals surface area contributed by atoms with Crippen molar-refractivity contribution in [3.8, 4) is 0 Å². The quantitative estimate of drug-likeness (QED) is 0.882. The zero-order valence-electron chi connectivity index (χ0n) is 10.7. The van der Waals surface area contributed by atoms with E-state index in [9.17, 15) is 4.79 Å². The monoisotopic (exact) mass is 267 g/mol. The predicted octanol–water partition coefficient (Wildman–Crippen LogP) is 2.70. The molecule has 0 saturated heterocycles. The van der Waals surface area contributed by atoms with Crippen molar-refractivity contribution in [2.75, 3.05) is 12.4 Å². The smallest absolute Gasteiger partial charge is 0.271 e. The summed E-state index contributed by atoms with van der Waals surface area (Å²) >= 11 is 6.01. The number of nitrogens with zero attached hydrogens (tertiary/aromatic N) is 1. The summed E-state index contributed by atoms with van der Waals surface area (Å²) in [6, 6.07) is 3.61. The van der Waals surface area contributed by atoms with Crippen LogP contribution in [0, 0.1) is 5.92 Å². The molecule has 0 bridgehead atoms. The average Bonchev–Trinajstić information content (AvgIpc) is 2.27. The highest BCUT2D eigenvalue weighted by atomic mass is 35.5. The van der Waals surface area contributed by atoms with E-state index >= 15 is 0 Å². The molecule has 1 saturated carbocycles. The molecule has 0 aromatic carbocycles. The second-order valence-electron chi connectivity index (χ2n) is 4.73. The topological polar surface area (TPSA) is 54.0 Å². The number of rotatable bonds is 4. The van der Waals surface area contributed by atoms with Crippen LogP contribution in [0.4, 0.5) is 5.82 Å². The molecule has 4 nitrogen and oxygen atoms in total. The first-order valence-electron chi connectivity index (χ1n) is 6.27. The van der Waals surface area contributed by atoms with Crippen molar-refractivity contribution in [3.05, 3.63) is 22.8 Å². The van der Waals surface area contributed by atoms with E-state index in [-0.39, 0.29) is 17.6 Å². The van der Waals surface area contributed by atoms with Crippen LogP contribution in [0.15, 0.2) is 12.1 Å². The van der Waals surface area contributed by atoms with Gasteiger partial charge < -0.3 is 10.6 Å². The summed E-state index contributed by atoms with van der Waals surface area (Å²) in [6.07, 6.45) is 3.65. The van der Waals surface area contributed by atoms with Gasteiger partial charge in [-0.15, -0.1) is 0 Å². The summed E-state index contributed by atoms with van der Waals surface area (Å²) < 4.78 is 0. The van der Waals surface area contributed by atoms with Crippen LogP contribution in [0.25, 0.3) is 0 Å². The standard InChI is InChI=1S/C13H18ClN3O/c1-8(9-4-3-5-9)16-13(18)12-10(14)6-7-11(15-2)17-12/h6-9H,3-5H2,1-2H3,(H,15,17)(H,16,18). The lowest BCUT2D eigenvalue weighted by atomic mass is 9.80. The maximum absolute atomic E-state index is 12.1. The summed E-state index contributed by atoms with van der Waals surface area (Å²) in [6.45, 7) is 2.04. The lowest BCUT2D eigenvalue weighted by Crippen LogP contribution is -2.41. The van der Waals surface area contributed by atoms with Gasteiger partial charge in [-0.1, -0.05) is 18.0 Å². The Morgan fingerprint density at radius 2 is 2.22 bits per heavy atom. The number of pyridine rings is 1. The zero-order valence-corrected chi connectivity index (χ0v) is 11.4. The molecule has 0 spiro atoms. The van der Waals surface area contributed by atoms with E-state index < -0.39 is 0 Å². The number of hydrogen-bond acceptors (Lipinski definition) is 3. The van der Waals surface area contributed by atoms with Gasteiger partial charge in [0.05, 0.1) is 5.02 Å². The summed E-state index contributed by atoms with van der Waals surface area (Å²) in [7, 11) is 1.76. The van der Waals surface area contributed by atoms with Gasteiger partial charge in [-0.05, 0) is 37.8 Å². The van der Waals surface area contributed by atoms with Gasteiger partial charge in [0.1, 0.15) is 11.5 Å². The molecule has 1 atom stereocenters. The number of amides is 1. The maximum atomic E-state index is 12.1. The fourth-order valence-electron chi connectivity index (χ4n) is 2.07. The van der Waals surface area contributed by atoms with E-state index in [4.69, 9.17) is 11.6 Å². The lowest BCUT2D eigenvalue weighted by molar-refractivity contribution is 0.0904. The molecule has 1 aromatic rings. The minimum atomic E-state index is -0.198. The van der Waals surface area contributed by atoms with Crippen molar-refractivity contribution < 1.29 is 4.79 Å². The Hall–Kier alpha value is -1.29. The number of nitrogens with one attached hydrogen (secondary N) is 2. The van der Waals surface area contributed by atoms with Crippen LogP contribution in [0.5, 0.6) is 0 Å². The van der Waals surface area contributed by atoms with Crippen molar-refractivity contribution >= 4 is 23.3 Å². The summed E-state index contributed by atoms with van der Waals surface area (Å²) in [5.74, 6) is 1.04. The molecular weight excluding hydrogens is 250 g/mol. The van der Waals surface area contributed by atoms with Gasteiger partial charge in [-0.3, -0.25) is 4.79 Å². The number of aromatic nitrogens is 1. The first-order chi connectivity index (χ1) is 8.61. The third-order valence-corrected chi connectivity index (χ3v) is 3.84. The molecule has 1 unspecified atom stereocenters. The SMILES string of the molecule is CNc1ccc(Cl)c(C(=O)NC(C)C2CCC2)n1. The lowest BCUT2D eigenvalue weighted by Gasteiger charge is -2.31. The Morgan fingerprint density at radius 1 is 1.50 bits per heavy atom. The van der Waals surface area contributed by atoms with E-state index in [1.165, 1.54) is 19.3 Å². The fourth-order valence-corrected chi connectivity index (χ4v) is 2.26. The van der Waals surface area contributed by atoms with Gasteiger partial charge in [-0.2, -0.15) is 0 Å². The zero-order chi connectivity index (χ0) is 13.1. The third kappa shape index (κ3) is 2.75. The van der Waals surface area contributed by atoms with E-state index in [2.05, 4.69) is 15.6 Å². The number of carbonyl (C=O) groups is 1. The molecule has 98 valence electrons. The molecule has 18 heavy (non-hydrogen) atoms. The first kappa shape index (κ1) is 13.1. The number of hydrogen-bond donors (Lipinski definition) is 2. The molecule has 2 rings (SSSR count). The first-order valence-corrected chi connectivity index (χ1v) is 6.64. The summed E-state index contributed by atoms with van der Waals surface area (Å²) in [5, 5.41) is 6.26. The molecule has 1 fully saturated rings. The molecule has 1 heterocycles. The highest BCUT2D eigenvalue weighted by Crippen LogP contribution is 2.29. The van der Waals surface area contributed by atoms with E-state index in [0.29, 0.717) is 16.8 Å². The summed E-state index contributed by atoms with van der Waals surface area (Å²) in [5.41, 5.74) is 0.287. The highest BCUT2D eigenvalue weighted by molar-refractivity contribution is 6.33. The van der Waals surface area contributed by atoms with Crippen LogP contribution in [-0.2, 0) is 0 Å². The van der Waals surface area contributed by atoms with Gasteiger partial charge >= 0.3 is 0 Å². The largest absolute Gasteiger partial charge is 0.373 e. The number of carbonyl (C=O) groups excluding carboxylic acids is 1. The normalized spacial score (nSPS) is 16.8. The molecule has 5 heteroatoms. The second kappa shape index (κ2) is 5.57. The van der Waals surface area contributed by atoms with Gasteiger partial charge in [0, 0.05) is 13.1 Å². The number of anilines is 1. The molecule has 1 aromatic heterocycles. The van der Waals surface area contributed by atoms with Crippen LogP contribution in [0.2, 0.25) is 5.02 Å². The molecule has 1 amide bonds. The third-order valence-electron chi connectivity index (χ3n) is 3.53. The Labute approximate surface area is 112 Å². The minimum Gasteiger partial charge on any atom is -0.373 e. The van der Waals surface area contributed by atoms with Gasteiger partial charge in [0.15, 0.2) is 0 Å². The molecule has 1 aliphatic carbocycles. The molecule has 0 aliphatic heterocycles. The Bertz CT molecular complexity index is 446. The maximum Gasteiger partial charge on any atom is 0.271 e. The van der Waals surface area contributed by atoms with E-state index in [1.54, 1.807) is 19.2 Å². The molecular formula is C13H18ClN3O. The molecule has 0 radical (unpaired) electrons. The van der Waals surface area contributed by atoms with Crippen molar-refractivity contribution in [1.29, 1.82) is 0 Å². The molecule has 2 N–H and O–H groups in total. The number of halogens is 1. The Kier molecular flexibility index (Phi) is 4.07. The van der Waals surface area contributed by atoms with Crippen LogP contribution in [-0.4, -0.2) is 24.0 Å². The van der Waals surface area contributed by atoms with Crippen LogP contribution in [0.1, 0.15) is 36.7 Å². The highest BCUT2D eigenvalue weighted by Gasteiger charge is 2.26. The van der Waals surface area contributed by atoms with Crippen LogP contribution < -0.4 is 10.6 Å². The van der Waals surface area contributed by atoms with E-state index in [0.717, 1.165) is 0 Å². The Balaban J connectivity index is 2.07. The molecule has 1 aliphatic rings. The predicted molar refractivity (Wildman–Crippen MR) is 73.1 cm³/mol. The van der Waals surface area contributed by atoms with Gasteiger partial charge in [0.2, 0.25) is 0 Å². The van der Waals surface area contributed by atoms with E-state index in [1.807, 2.05) is 6.92 Å². The Morgan fingerprint density at radius 3 is 2.78 bits per heavy atom.